The first kappa shape index (κ1) is 19.8. The predicted molar refractivity (Wildman–Crippen MR) is 116 cm³/mol. The zero-order chi connectivity index (χ0) is 20.1. The molecule has 29 heavy (non-hydrogen) atoms. The van der Waals surface area contributed by atoms with E-state index in [1.165, 1.54) is 18.4 Å². The Kier molecular flexibility index (Phi) is 6.40. The Morgan fingerprint density at radius 2 is 1.93 bits per heavy atom. The standard InChI is InChI=1S/C25H30N2O2/c28-24(22-11-12-23-21(17-22)9-4-10-25(29)26-23)13-15-27-14-5-8-20(18-27)16-19-6-2-1-3-7-19/h1-3,6-7,11-12,17,20H,4-5,8-10,13-16,18H2,(H,26,29)/t20-/m1/s1. The van der Waals surface area contributed by atoms with Crippen molar-refractivity contribution < 1.29 is 9.59 Å². The Morgan fingerprint density at radius 3 is 2.79 bits per heavy atom. The van der Waals surface area contributed by atoms with E-state index in [1.807, 2.05) is 18.2 Å². The second-order valence-electron chi connectivity index (χ2n) is 8.45. The number of piperidine rings is 1. The molecule has 1 saturated heterocycles. The highest BCUT2D eigenvalue weighted by molar-refractivity contribution is 5.98. The molecular weight excluding hydrogens is 360 g/mol. The van der Waals surface area contributed by atoms with Gasteiger partial charge in [0.25, 0.3) is 0 Å². The number of hydrogen-bond acceptors (Lipinski definition) is 3. The zero-order valence-electron chi connectivity index (χ0n) is 17.0. The number of amides is 1. The van der Waals surface area contributed by atoms with Crippen molar-refractivity contribution in [3.8, 4) is 0 Å². The third-order valence-corrected chi connectivity index (χ3v) is 6.18. The van der Waals surface area contributed by atoms with Crippen molar-refractivity contribution in [2.45, 2.75) is 44.9 Å². The van der Waals surface area contributed by atoms with Crippen LogP contribution in [0.25, 0.3) is 0 Å². The van der Waals surface area contributed by atoms with E-state index in [4.69, 9.17) is 0 Å². The van der Waals surface area contributed by atoms with Crippen molar-refractivity contribution in [3.63, 3.8) is 0 Å². The lowest BCUT2D eigenvalue weighted by Crippen LogP contribution is -2.37. The average molecular weight is 391 g/mol. The minimum absolute atomic E-state index is 0.0676. The normalized spacial score (nSPS) is 19.9. The highest BCUT2D eigenvalue weighted by Gasteiger charge is 2.21. The number of fused-ring (bicyclic) bond motifs is 1. The van der Waals surface area contributed by atoms with E-state index in [1.54, 1.807) is 0 Å². The van der Waals surface area contributed by atoms with E-state index in [2.05, 4.69) is 40.5 Å². The quantitative estimate of drug-likeness (QED) is 0.740. The van der Waals surface area contributed by atoms with Crippen LogP contribution in [0, 0.1) is 5.92 Å². The minimum atomic E-state index is 0.0676. The van der Waals surface area contributed by atoms with Crippen LogP contribution >= 0.6 is 0 Å². The number of nitrogens with zero attached hydrogens (tertiary/aromatic N) is 1. The number of hydrogen-bond donors (Lipinski definition) is 1. The van der Waals surface area contributed by atoms with Crippen molar-refractivity contribution in [2.75, 3.05) is 25.0 Å². The average Bonchev–Trinajstić information content (AvgIpc) is 2.93. The van der Waals surface area contributed by atoms with Gasteiger partial charge in [0, 0.05) is 37.2 Å². The molecule has 4 nitrogen and oxygen atoms in total. The first-order valence-electron chi connectivity index (χ1n) is 10.9. The molecular formula is C25H30N2O2. The molecule has 0 aliphatic carbocycles. The van der Waals surface area contributed by atoms with E-state index in [0.717, 1.165) is 55.7 Å². The monoisotopic (exact) mass is 390 g/mol. The third kappa shape index (κ3) is 5.33. The van der Waals surface area contributed by atoms with Crippen LogP contribution in [0.5, 0.6) is 0 Å². The fraction of sp³-hybridized carbons (Fsp3) is 0.440. The summed E-state index contributed by atoms with van der Waals surface area (Å²) in [6, 6.07) is 16.5. The maximum atomic E-state index is 12.8. The summed E-state index contributed by atoms with van der Waals surface area (Å²) in [4.78, 5) is 26.9. The highest BCUT2D eigenvalue weighted by Crippen LogP contribution is 2.25. The Labute approximate surface area is 173 Å². The van der Waals surface area contributed by atoms with Gasteiger partial charge in [-0.15, -0.1) is 0 Å². The Morgan fingerprint density at radius 1 is 1.07 bits per heavy atom. The molecule has 2 aromatic carbocycles. The lowest BCUT2D eigenvalue weighted by atomic mass is 9.91. The number of carbonyl (C=O) groups is 2. The fourth-order valence-corrected chi connectivity index (χ4v) is 4.62. The van der Waals surface area contributed by atoms with Crippen LogP contribution in [-0.2, 0) is 17.6 Å². The predicted octanol–water partition coefficient (Wildman–Crippen LogP) is 4.49. The van der Waals surface area contributed by atoms with Gasteiger partial charge in [0.05, 0.1) is 0 Å². The largest absolute Gasteiger partial charge is 0.326 e. The van der Waals surface area contributed by atoms with Crippen LogP contribution < -0.4 is 5.32 Å². The van der Waals surface area contributed by atoms with Gasteiger partial charge in [-0.1, -0.05) is 30.3 Å². The number of Topliss-reactive ketones (excluding diaryl/α,β-unsaturated/α-hetero) is 1. The van der Waals surface area contributed by atoms with E-state index >= 15 is 0 Å². The molecule has 0 radical (unpaired) electrons. The topological polar surface area (TPSA) is 49.4 Å². The molecule has 0 aromatic heterocycles. The number of aryl methyl sites for hydroxylation is 1. The van der Waals surface area contributed by atoms with Gasteiger partial charge in [0.2, 0.25) is 5.91 Å². The van der Waals surface area contributed by atoms with Gasteiger partial charge in [-0.05, 0) is 73.9 Å². The molecule has 1 amide bonds. The molecule has 0 saturated carbocycles. The van der Waals surface area contributed by atoms with Crippen molar-refractivity contribution in [1.29, 1.82) is 0 Å². The number of benzene rings is 2. The summed E-state index contributed by atoms with van der Waals surface area (Å²) in [5.41, 5.74) is 4.14. The maximum Gasteiger partial charge on any atom is 0.224 e. The minimum Gasteiger partial charge on any atom is -0.326 e. The van der Waals surface area contributed by atoms with Gasteiger partial charge in [0.1, 0.15) is 0 Å². The molecule has 2 heterocycles. The molecule has 1 fully saturated rings. The van der Waals surface area contributed by atoms with Crippen molar-refractivity contribution in [2.24, 2.45) is 5.92 Å². The van der Waals surface area contributed by atoms with E-state index in [-0.39, 0.29) is 11.7 Å². The Hall–Kier alpha value is -2.46. The zero-order valence-corrected chi connectivity index (χ0v) is 17.0. The lowest BCUT2D eigenvalue weighted by Gasteiger charge is -2.32. The van der Waals surface area contributed by atoms with Gasteiger partial charge in [-0.3, -0.25) is 9.59 Å². The van der Waals surface area contributed by atoms with Crippen LogP contribution in [0.1, 0.15) is 53.6 Å². The van der Waals surface area contributed by atoms with Gasteiger partial charge in [0.15, 0.2) is 5.78 Å². The number of carbonyl (C=O) groups excluding carboxylic acids is 2. The van der Waals surface area contributed by atoms with Gasteiger partial charge < -0.3 is 10.2 Å². The summed E-state index contributed by atoms with van der Waals surface area (Å²) < 4.78 is 0. The smallest absolute Gasteiger partial charge is 0.224 e. The summed E-state index contributed by atoms with van der Waals surface area (Å²) in [7, 11) is 0. The molecule has 2 aromatic rings. The number of nitrogens with one attached hydrogen (secondary N) is 1. The van der Waals surface area contributed by atoms with Gasteiger partial charge in [-0.2, -0.15) is 0 Å². The number of anilines is 1. The highest BCUT2D eigenvalue weighted by atomic mass is 16.1. The van der Waals surface area contributed by atoms with Crippen molar-refractivity contribution >= 4 is 17.4 Å². The van der Waals surface area contributed by atoms with Crippen LogP contribution in [0.15, 0.2) is 48.5 Å². The number of likely N-dealkylation sites (tertiary alicyclic amines) is 1. The summed E-state index contributed by atoms with van der Waals surface area (Å²) >= 11 is 0. The summed E-state index contributed by atoms with van der Waals surface area (Å²) in [5.74, 6) is 0.948. The molecule has 0 unspecified atom stereocenters. The Balaban J connectivity index is 1.31. The lowest BCUT2D eigenvalue weighted by molar-refractivity contribution is -0.116. The van der Waals surface area contributed by atoms with Crippen LogP contribution in [0.3, 0.4) is 0 Å². The molecule has 152 valence electrons. The Bertz CT molecular complexity index is 862. The molecule has 4 rings (SSSR count). The molecule has 1 atom stereocenters. The van der Waals surface area contributed by atoms with Gasteiger partial charge >= 0.3 is 0 Å². The molecule has 0 bridgehead atoms. The van der Waals surface area contributed by atoms with Gasteiger partial charge in [-0.25, -0.2) is 0 Å². The van der Waals surface area contributed by atoms with E-state index < -0.39 is 0 Å². The van der Waals surface area contributed by atoms with Crippen LogP contribution in [-0.4, -0.2) is 36.2 Å². The third-order valence-electron chi connectivity index (χ3n) is 6.18. The summed E-state index contributed by atoms with van der Waals surface area (Å²) in [6.07, 6.45) is 6.41. The molecule has 2 aliphatic rings. The molecule has 0 spiro atoms. The molecule has 2 aliphatic heterocycles. The fourth-order valence-electron chi connectivity index (χ4n) is 4.62. The van der Waals surface area contributed by atoms with E-state index in [0.29, 0.717) is 18.8 Å². The summed E-state index contributed by atoms with van der Waals surface area (Å²) in [5, 5.41) is 2.94. The van der Waals surface area contributed by atoms with Crippen molar-refractivity contribution in [3.05, 3.63) is 65.2 Å². The summed E-state index contributed by atoms with van der Waals surface area (Å²) in [6.45, 7) is 3.01. The molecule has 4 heteroatoms. The number of rotatable bonds is 6. The van der Waals surface area contributed by atoms with E-state index in [9.17, 15) is 9.59 Å². The first-order valence-corrected chi connectivity index (χ1v) is 10.9. The van der Waals surface area contributed by atoms with Crippen LogP contribution in [0.4, 0.5) is 5.69 Å². The maximum absolute atomic E-state index is 12.8. The second-order valence-corrected chi connectivity index (χ2v) is 8.45. The number of ketones is 1. The SMILES string of the molecule is O=C1CCCc2cc(C(=O)CCN3CCC[C@H](Cc4ccccc4)C3)ccc2N1. The molecule has 1 N–H and O–H groups in total. The second kappa shape index (κ2) is 9.36. The first-order chi connectivity index (χ1) is 14.2. The van der Waals surface area contributed by atoms with Crippen LogP contribution in [0.2, 0.25) is 0 Å². The van der Waals surface area contributed by atoms with Crippen molar-refractivity contribution in [1.82, 2.24) is 4.90 Å².